The molecule has 20 heavy (non-hydrogen) atoms. The minimum absolute atomic E-state index is 0.0429. The van der Waals surface area contributed by atoms with Gasteiger partial charge in [0.15, 0.2) is 9.84 Å². The van der Waals surface area contributed by atoms with Gasteiger partial charge in [0.05, 0.1) is 11.5 Å². The molecule has 0 aliphatic carbocycles. The maximum atomic E-state index is 12.3. The van der Waals surface area contributed by atoms with Crippen molar-refractivity contribution in [2.45, 2.75) is 31.7 Å². The number of nitrogens with one attached hydrogen (secondary N) is 1. The Morgan fingerprint density at radius 2 is 1.95 bits per heavy atom. The summed E-state index contributed by atoms with van der Waals surface area (Å²) in [5.41, 5.74) is 4.70. The lowest BCUT2D eigenvalue weighted by molar-refractivity contribution is 0.271. The molecule has 0 aromatic carbocycles. The molecule has 1 unspecified atom stereocenters. The highest BCUT2D eigenvalue weighted by atomic mass is 32.2. The number of piperidine rings is 1. The normalized spacial score (nSPS) is 32.5. The molecule has 0 saturated carbocycles. The second-order valence-corrected chi connectivity index (χ2v) is 9.94. The molecule has 7 nitrogen and oxygen atoms in total. The summed E-state index contributed by atoms with van der Waals surface area (Å²) >= 11 is 0. The molecule has 1 atom stereocenters. The first kappa shape index (κ1) is 16.2. The Kier molecular flexibility index (Phi) is 4.46. The van der Waals surface area contributed by atoms with E-state index in [1.807, 2.05) is 0 Å². The van der Waals surface area contributed by atoms with Crippen LogP contribution in [0.5, 0.6) is 0 Å². The van der Waals surface area contributed by atoms with Crippen molar-refractivity contribution in [3.8, 4) is 0 Å². The molecule has 0 bridgehead atoms. The van der Waals surface area contributed by atoms with E-state index in [9.17, 15) is 16.8 Å². The summed E-state index contributed by atoms with van der Waals surface area (Å²) < 4.78 is 51.7. The first-order chi connectivity index (χ1) is 9.16. The van der Waals surface area contributed by atoms with Crippen molar-refractivity contribution in [3.63, 3.8) is 0 Å². The summed E-state index contributed by atoms with van der Waals surface area (Å²) in [6, 6.07) is 0. The first-order valence-electron chi connectivity index (χ1n) is 6.85. The molecule has 3 N–H and O–H groups in total. The minimum atomic E-state index is -3.63. The molecule has 9 heteroatoms. The van der Waals surface area contributed by atoms with Crippen LogP contribution in [-0.2, 0) is 20.0 Å². The average molecular weight is 325 g/mol. The average Bonchev–Trinajstić information content (AvgIpc) is 2.62. The van der Waals surface area contributed by atoms with Crippen molar-refractivity contribution >= 4 is 20.0 Å². The van der Waals surface area contributed by atoms with Crippen LogP contribution in [0.15, 0.2) is 0 Å². The van der Waals surface area contributed by atoms with E-state index in [-0.39, 0.29) is 11.5 Å². The molecular formula is C11H23N3O4S2. The van der Waals surface area contributed by atoms with Crippen molar-refractivity contribution < 1.29 is 16.8 Å². The van der Waals surface area contributed by atoms with Crippen LogP contribution in [0.1, 0.15) is 26.2 Å². The molecule has 2 saturated heterocycles. The van der Waals surface area contributed by atoms with Gasteiger partial charge in [0.1, 0.15) is 0 Å². The fourth-order valence-corrected chi connectivity index (χ4v) is 6.65. The van der Waals surface area contributed by atoms with Gasteiger partial charge in [0.2, 0.25) is 0 Å². The molecule has 2 aliphatic heterocycles. The number of sulfone groups is 1. The zero-order valence-corrected chi connectivity index (χ0v) is 13.3. The Balaban J connectivity index is 2.02. The molecule has 2 aliphatic rings. The Bertz CT molecular complexity index is 552. The van der Waals surface area contributed by atoms with Crippen LogP contribution in [0, 0.1) is 5.92 Å². The number of hydrogen-bond acceptors (Lipinski definition) is 5. The van der Waals surface area contributed by atoms with Gasteiger partial charge in [-0.3, -0.25) is 0 Å². The van der Waals surface area contributed by atoms with Gasteiger partial charge in [-0.25, -0.2) is 8.42 Å². The number of nitrogens with two attached hydrogens (primary N) is 1. The summed E-state index contributed by atoms with van der Waals surface area (Å²) in [4.78, 5) is 0. The van der Waals surface area contributed by atoms with Gasteiger partial charge >= 0.3 is 0 Å². The molecule has 118 valence electrons. The predicted octanol–water partition coefficient (Wildman–Crippen LogP) is -0.931. The first-order valence-corrected chi connectivity index (χ1v) is 10.1. The van der Waals surface area contributed by atoms with E-state index in [1.54, 1.807) is 6.92 Å². The fourth-order valence-electron chi connectivity index (χ4n) is 2.85. The van der Waals surface area contributed by atoms with Crippen LogP contribution in [0.3, 0.4) is 0 Å². The summed E-state index contributed by atoms with van der Waals surface area (Å²) in [5.74, 6) is 0.295. The van der Waals surface area contributed by atoms with E-state index in [2.05, 4.69) is 4.72 Å². The van der Waals surface area contributed by atoms with Gasteiger partial charge < -0.3 is 5.73 Å². The predicted molar refractivity (Wildman–Crippen MR) is 77.1 cm³/mol. The number of rotatable bonds is 4. The van der Waals surface area contributed by atoms with Crippen LogP contribution in [0.25, 0.3) is 0 Å². The Morgan fingerprint density at radius 1 is 1.35 bits per heavy atom. The quantitative estimate of drug-likeness (QED) is 0.694. The SMILES string of the molecule is CC1(NS(=O)(=O)N2CCC(CN)CC2)CCS(=O)(=O)C1. The fraction of sp³-hybridized carbons (Fsp3) is 1.00. The van der Waals surface area contributed by atoms with Gasteiger partial charge in [-0.1, -0.05) is 0 Å². The van der Waals surface area contributed by atoms with Gasteiger partial charge in [-0.2, -0.15) is 17.4 Å². The van der Waals surface area contributed by atoms with E-state index >= 15 is 0 Å². The molecule has 0 radical (unpaired) electrons. The highest BCUT2D eigenvalue weighted by Gasteiger charge is 2.42. The second-order valence-electron chi connectivity index (χ2n) is 6.09. The van der Waals surface area contributed by atoms with Crippen LogP contribution in [0.2, 0.25) is 0 Å². The molecule has 2 rings (SSSR count). The zero-order chi connectivity index (χ0) is 15.0. The Morgan fingerprint density at radius 3 is 2.40 bits per heavy atom. The van der Waals surface area contributed by atoms with E-state index in [1.165, 1.54) is 4.31 Å². The van der Waals surface area contributed by atoms with E-state index in [0.29, 0.717) is 32.0 Å². The molecule has 2 heterocycles. The van der Waals surface area contributed by atoms with Crippen molar-refractivity contribution in [1.82, 2.24) is 9.03 Å². The number of hydrogen-bond donors (Lipinski definition) is 2. The maximum Gasteiger partial charge on any atom is 0.279 e. The van der Waals surface area contributed by atoms with Gasteiger partial charge in [0.25, 0.3) is 10.2 Å². The maximum absolute atomic E-state index is 12.3. The van der Waals surface area contributed by atoms with Crippen LogP contribution in [-0.4, -0.2) is 57.8 Å². The third-order valence-electron chi connectivity index (χ3n) is 4.13. The highest BCUT2D eigenvalue weighted by Crippen LogP contribution is 2.25. The molecule has 0 spiro atoms. The summed E-state index contributed by atoms with van der Waals surface area (Å²) in [6.45, 7) is 3.12. The summed E-state index contributed by atoms with van der Waals surface area (Å²) in [5, 5.41) is 0. The van der Waals surface area contributed by atoms with E-state index < -0.39 is 25.6 Å². The number of nitrogens with zero attached hydrogens (tertiary/aromatic N) is 1. The second kappa shape index (κ2) is 5.53. The van der Waals surface area contributed by atoms with E-state index in [4.69, 9.17) is 5.73 Å². The molecule has 0 aromatic heterocycles. The van der Waals surface area contributed by atoms with E-state index in [0.717, 1.165) is 12.8 Å². The van der Waals surface area contributed by atoms with Gasteiger partial charge in [0, 0.05) is 18.6 Å². The molecule has 2 fully saturated rings. The Hall–Kier alpha value is -0.220. The topological polar surface area (TPSA) is 110 Å². The Labute approximate surface area is 121 Å². The lowest BCUT2D eigenvalue weighted by Gasteiger charge is -2.33. The van der Waals surface area contributed by atoms with Crippen molar-refractivity contribution in [3.05, 3.63) is 0 Å². The standard InChI is InChI=1S/C11H23N3O4S2/c1-11(4-7-19(15,16)9-11)13-20(17,18)14-5-2-10(8-12)3-6-14/h10,13H,2-9,12H2,1H3. The summed E-state index contributed by atoms with van der Waals surface area (Å²) in [7, 11) is -6.76. The molecular weight excluding hydrogens is 302 g/mol. The van der Waals surface area contributed by atoms with Crippen molar-refractivity contribution in [1.29, 1.82) is 0 Å². The van der Waals surface area contributed by atoms with Crippen molar-refractivity contribution in [2.75, 3.05) is 31.1 Å². The molecule has 0 aromatic rings. The third kappa shape index (κ3) is 3.70. The third-order valence-corrected chi connectivity index (χ3v) is 7.82. The lowest BCUT2D eigenvalue weighted by atomic mass is 9.99. The zero-order valence-electron chi connectivity index (χ0n) is 11.7. The molecule has 0 amide bonds. The van der Waals surface area contributed by atoms with Crippen LogP contribution >= 0.6 is 0 Å². The van der Waals surface area contributed by atoms with Crippen molar-refractivity contribution in [2.24, 2.45) is 11.7 Å². The van der Waals surface area contributed by atoms with Crippen LogP contribution < -0.4 is 10.5 Å². The van der Waals surface area contributed by atoms with Crippen LogP contribution in [0.4, 0.5) is 0 Å². The monoisotopic (exact) mass is 325 g/mol. The highest BCUT2D eigenvalue weighted by molar-refractivity contribution is 7.92. The lowest BCUT2D eigenvalue weighted by Crippen LogP contribution is -2.54. The van der Waals surface area contributed by atoms with Gasteiger partial charge in [-0.05, 0) is 38.6 Å². The van der Waals surface area contributed by atoms with Gasteiger partial charge in [-0.15, -0.1) is 0 Å². The minimum Gasteiger partial charge on any atom is -0.330 e. The smallest absolute Gasteiger partial charge is 0.279 e. The summed E-state index contributed by atoms with van der Waals surface area (Å²) in [6.07, 6.45) is 1.84. The largest absolute Gasteiger partial charge is 0.330 e.